The Labute approximate surface area is 102 Å². The fourth-order valence-corrected chi connectivity index (χ4v) is 3.06. The Kier molecular flexibility index (Phi) is 3.53. The van der Waals surface area contributed by atoms with Gasteiger partial charge in [0.2, 0.25) is 0 Å². The Hall–Kier alpha value is -0.570. The van der Waals surface area contributed by atoms with E-state index in [0.717, 1.165) is 5.02 Å². The molecule has 16 heavy (non-hydrogen) atoms. The second-order valence-corrected chi connectivity index (χ2v) is 5.45. The summed E-state index contributed by atoms with van der Waals surface area (Å²) in [6.07, 6.45) is 5.06. The van der Waals surface area contributed by atoms with E-state index in [1.807, 2.05) is 18.2 Å². The van der Waals surface area contributed by atoms with Crippen LogP contribution in [0, 0.1) is 5.41 Å². The number of hydrogen-bond acceptors (Lipinski definition) is 2. The summed E-state index contributed by atoms with van der Waals surface area (Å²) in [6, 6.07) is 8.19. The second-order valence-electron chi connectivity index (χ2n) is 5.02. The molecule has 0 saturated heterocycles. The average Bonchev–Trinajstić information content (AvgIpc) is 2.67. The minimum atomic E-state index is 0.202. The number of hydrazine groups is 1. The van der Waals surface area contributed by atoms with E-state index in [9.17, 15) is 0 Å². The second kappa shape index (κ2) is 4.74. The van der Waals surface area contributed by atoms with Crippen LogP contribution in [0.1, 0.15) is 44.2 Å². The summed E-state index contributed by atoms with van der Waals surface area (Å²) in [7, 11) is 0. The molecule has 1 aromatic rings. The van der Waals surface area contributed by atoms with Gasteiger partial charge in [-0.05, 0) is 36.0 Å². The third kappa shape index (κ3) is 2.24. The van der Waals surface area contributed by atoms with Crippen LogP contribution in [-0.4, -0.2) is 0 Å². The summed E-state index contributed by atoms with van der Waals surface area (Å²) in [5.41, 5.74) is 4.43. The summed E-state index contributed by atoms with van der Waals surface area (Å²) in [5, 5.41) is 0.777. The van der Waals surface area contributed by atoms with Crippen molar-refractivity contribution >= 4 is 11.6 Å². The molecule has 0 heterocycles. The fourth-order valence-electron chi connectivity index (χ4n) is 2.86. The first kappa shape index (κ1) is 11.9. The van der Waals surface area contributed by atoms with E-state index < -0.39 is 0 Å². The lowest BCUT2D eigenvalue weighted by atomic mass is 9.77. The number of hydrogen-bond donors (Lipinski definition) is 2. The van der Waals surface area contributed by atoms with Gasteiger partial charge in [-0.3, -0.25) is 11.3 Å². The van der Waals surface area contributed by atoms with E-state index >= 15 is 0 Å². The van der Waals surface area contributed by atoms with Gasteiger partial charge in [0.05, 0.1) is 6.04 Å². The minimum absolute atomic E-state index is 0.202. The fraction of sp³-hybridized carbons (Fsp3) is 0.538. The van der Waals surface area contributed by atoms with Gasteiger partial charge >= 0.3 is 0 Å². The van der Waals surface area contributed by atoms with Crippen molar-refractivity contribution in [3.05, 3.63) is 34.9 Å². The van der Waals surface area contributed by atoms with Crippen LogP contribution in [0.2, 0.25) is 5.02 Å². The Balaban J connectivity index is 2.28. The van der Waals surface area contributed by atoms with Crippen molar-refractivity contribution in [2.24, 2.45) is 11.3 Å². The molecule has 0 spiro atoms. The zero-order valence-corrected chi connectivity index (χ0v) is 10.4. The third-order valence-electron chi connectivity index (χ3n) is 3.79. The Morgan fingerprint density at radius 3 is 2.62 bits per heavy atom. The SMILES string of the molecule is CC1(C(NN)c2cccc(Cl)c2)CCCC1. The minimum Gasteiger partial charge on any atom is -0.271 e. The van der Waals surface area contributed by atoms with Gasteiger partial charge in [0.1, 0.15) is 0 Å². The van der Waals surface area contributed by atoms with Gasteiger partial charge < -0.3 is 0 Å². The maximum atomic E-state index is 6.03. The molecule has 2 nitrogen and oxygen atoms in total. The van der Waals surface area contributed by atoms with Crippen LogP contribution in [-0.2, 0) is 0 Å². The molecule has 0 aliphatic heterocycles. The lowest BCUT2D eigenvalue weighted by Crippen LogP contribution is -2.38. The summed E-state index contributed by atoms with van der Waals surface area (Å²) in [5.74, 6) is 5.73. The van der Waals surface area contributed by atoms with Crippen molar-refractivity contribution < 1.29 is 0 Å². The largest absolute Gasteiger partial charge is 0.271 e. The van der Waals surface area contributed by atoms with E-state index in [2.05, 4.69) is 18.4 Å². The molecular weight excluding hydrogens is 220 g/mol. The van der Waals surface area contributed by atoms with Crippen LogP contribution >= 0.6 is 11.6 Å². The quantitative estimate of drug-likeness (QED) is 0.626. The Morgan fingerprint density at radius 1 is 1.38 bits per heavy atom. The molecule has 88 valence electrons. The zero-order valence-electron chi connectivity index (χ0n) is 9.67. The highest BCUT2D eigenvalue weighted by Gasteiger charge is 2.37. The van der Waals surface area contributed by atoms with Gasteiger partial charge in [-0.15, -0.1) is 0 Å². The molecular formula is C13H19ClN2. The predicted octanol–water partition coefficient (Wildman–Crippen LogP) is 3.42. The van der Waals surface area contributed by atoms with E-state index in [1.54, 1.807) is 0 Å². The van der Waals surface area contributed by atoms with Gasteiger partial charge in [0, 0.05) is 5.02 Å². The molecule has 0 bridgehead atoms. The molecule has 1 unspecified atom stereocenters. The maximum absolute atomic E-state index is 6.03. The molecule has 1 saturated carbocycles. The van der Waals surface area contributed by atoms with Crippen molar-refractivity contribution in [1.82, 2.24) is 5.43 Å². The van der Waals surface area contributed by atoms with E-state index in [-0.39, 0.29) is 11.5 Å². The Bertz CT molecular complexity index is 359. The number of halogens is 1. The van der Waals surface area contributed by atoms with Gasteiger partial charge in [0.15, 0.2) is 0 Å². The van der Waals surface area contributed by atoms with Gasteiger partial charge in [-0.2, -0.15) is 0 Å². The number of nitrogens with one attached hydrogen (secondary N) is 1. The van der Waals surface area contributed by atoms with Gasteiger partial charge in [0.25, 0.3) is 0 Å². The molecule has 1 aromatic carbocycles. The average molecular weight is 239 g/mol. The van der Waals surface area contributed by atoms with Gasteiger partial charge in [-0.1, -0.05) is 43.5 Å². The van der Waals surface area contributed by atoms with Crippen molar-refractivity contribution in [2.45, 2.75) is 38.6 Å². The maximum Gasteiger partial charge on any atom is 0.0514 e. The lowest BCUT2D eigenvalue weighted by molar-refractivity contribution is 0.225. The molecule has 1 aliphatic carbocycles. The summed E-state index contributed by atoms with van der Waals surface area (Å²) < 4.78 is 0. The number of nitrogens with two attached hydrogens (primary N) is 1. The van der Waals surface area contributed by atoms with Crippen LogP contribution in [0.25, 0.3) is 0 Å². The molecule has 3 N–H and O–H groups in total. The lowest BCUT2D eigenvalue weighted by Gasteiger charge is -2.34. The molecule has 0 aromatic heterocycles. The van der Waals surface area contributed by atoms with Crippen LogP contribution in [0.3, 0.4) is 0 Å². The molecule has 0 radical (unpaired) electrons. The topological polar surface area (TPSA) is 38.0 Å². The first-order valence-corrected chi connectivity index (χ1v) is 6.25. The first-order valence-electron chi connectivity index (χ1n) is 5.87. The van der Waals surface area contributed by atoms with Crippen molar-refractivity contribution in [2.75, 3.05) is 0 Å². The number of benzene rings is 1. The summed E-state index contributed by atoms with van der Waals surface area (Å²) in [4.78, 5) is 0. The van der Waals surface area contributed by atoms with E-state index in [1.165, 1.54) is 31.2 Å². The highest BCUT2D eigenvalue weighted by Crippen LogP contribution is 2.46. The predicted molar refractivity (Wildman–Crippen MR) is 68.1 cm³/mol. The first-order chi connectivity index (χ1) is 7.65. The van der Waals surface area contributed by atoms with E-state index in [0.29, 0.717) is 0 Å². The smallest absolute Gasteiger partial charge is 0.0514 e. The van der Waals surface area contributed by atoms with Crippen LogP contribution in [0.15, 0.2) is 24.3 Å². The molecule has 2 rings (SSSR count). The molecule has 1 atom stereocenters. The highest BCUT2D eigenvalue weighted by atomic mass is 35.5. The zero-order chi connectivity index (χ0) is 11.6. The Morgan fingerprint density at radius 2 is 2.06 bits per heavy atom. The van der Waals surface area contributed by atoms with Crippen molar-refractivity contribution in [3.8, 4) is 0 Å². The molecule has 0 amide bonds. The van der Waals surface area contributed by atoms with Crippen molar-refractivity contribution in [1.29, 1.82) is 0 Å². The molecule has 3 heteroatoms. The molecule has 1 aliphatic rings. The summed E-state index contributed by atoms with van der Waals surface area (Å²) >= 11 is 6.03. The normalized spacial score (nSPS) is 20.9. The number of rotatable bonds is 3. The van der Waals surface area contributed by atoms with Crippen LogP contribution < -0.4 is 11.3 Å². The van der Waals surface area contributed by atoms with E-state index in [4.69, 9.17) is 17.4 Å². The summed E-state index contributed by atoms with van der Waals surface area (Å²) in [6.45, 7) is 2.31. The van der Waals surface area contributed by atoms with Crippen LogP contribution in [0.4, 0.5) is 0 Å². The monoisotopic (exact) mass is 238 g/mol. The molecule has 1 fully saturated rings. The van der Waals surface area contributed by atoms with Crippen molar-refractivity contribution in [3.63, 3.8) is 0 Å². The van der Waals surface area contributed by atoms with Gasteiger partial charge in [-0.25, -0.2) is 0 Å². The highest BCUT2D eigenvalue weighted by molar-refractivity contribution is 6.30. The third-order valence-corrected chi connectivity index (χ3v) is 4.03. The standard InChI is InChI=1S/C13H19ClN2/c1-13(7-2-3-8-13)12(16-15)10-5-4-6-11(14)9-10/h4-6,9,12,16H,2-3,7-8,15H2,1H3. The van der Waals surface area contributed by atoms with Crippen LogP contribution in [0.5, 0.6) is 0 Å².